The van der Waals surface area contributed by atoms with Gasteiger partial charge in [-0.05, 0) is 23.6 Å². The van der Waals surface area contributed by atoms with Crippen LogP contribution in [0.3, 0.4) is 0 Å². The van der Waals surface area contributed by atoms with Gasteiger partial charge in [-0.2, -0.15) is 0 Å². The highest BCUT2D eigenvalue weighted by atomic mass is 16.3. The van der Waals surface area contributed by atoms with Crippen LogP contribution >= 0.6 is 0 Å². The number of hydrogen-bond acceptors (Lipinski definition) is 3. The number of hydrogen-bond donors (Lipinski definition) is 2. The van der Waals surface area contributed by atoms with Crippen LogP contribution in [0.15, 0.2) is 58.3 Å². The molecule has 0 saturated carbocycles. The van der Waals surface area contributed by atoms with Crippen LogP contribution in [-0.4, -0.2) is 20.9 Å². The van der Waals surface area contributed by atoms with E-state index in [4.69, 9.17) is 0 Å². The number of allylic oxidation sites excluding steroid dienone is 1. The van der Waals surface area contributed by atoms with Gasteiger partial charge in [0.2, 0.25) is 5.88 Å². The molecule has 1 aromatic heterocycles. The van der Waals surface area contributed by atoms with E-state index in [0.29, 0.717) is 12.2 Å². The van der Waals surface area contributed by atoms with Crippen LogP contribution in [0.1, 0.15) is 29.3 Å². The van der Waals surface area contributed by atoms with Gasteiger partial charge in [0.25, 0.3) is 0 Å². The molecule has 0 saturated heterocycles. The van der Waals surface area contributed by atoms with Gasteiger partial charge in [0, 0.05) is 17.4 Å². The van der Waals surface area contributed by atoms with Gasteiger partial charge in [-0.3, -0.25) is 9.56 Å². The lowest BCUT2D eigenvalue weighted by atomic mass is 10.0. The molecule has 1 aliphatic rings. The van der Waals surface area contributed by atoms with E-state index in [1.165, 1.54) is 10.1 Å². The van der Waals surface area contributed by atoms with Crippen molar-refractivity contribution in [2.75, 3.05) is 0 Å². The minimum Gasteiger partial charge on any atom is -0.493 e. The van der Waals surface area contributed by atoms with Crippen LogP contribution in [0.2, 0.25) is 0 Å². The number of imidazole rings is 1. The molecular formula is C21H19N3O2. The van der Waals surface area contributed by atoms with E-state index in [9.17, 15) is 9.90 Å². The Hall–Kier alpha value is -3.34. The van der Waals surface area contributed by atoms with Crippen LogP contribution in [0.5, 0.6) is 5.88 Å². The van der Waals surface area contributed by atoms with E-state index in [1.54, 1.807) is 12.3 Å². The normalized spacial score (nSPS) is 14.1. The molecule has 2 heterocycles. The molecule has 5 nitrogen and oxygen atoms in total. The number of H-pyrrole nitrogens is 1. The SMILES string of the molecule is CCc1cccc2c1N=CC2=Cc1[nH]c(=O)n(Cc2ccccc2)c1O. The monoisotopic (exact) mass is 345 g/mol. The van der Waals surface area contributed by atoms with Crippen molar-refractivity contribution in [2.45, 2.75) is 19.9 Å². The lowest BCUT2D eigenvalue weighted by molar-refractivity contribution is 0.420. The zero-order valence-electron chi connectivity index (χ0n) is 14.4. The molecule has 3 aromatic rings. The number of nitrogens with zero attached hydrogens (tertiary/aromatic N) is 2. The van der Waals surface area contributed by atoms with Crippen molar-refractivity contribution in [1.82, 2.24) is 9.55 Å². The maximum Gasteiger partial charge on any atom is 0.329 e. The average Bonchev–Trinajstić information content (AvgIpc) is 3.19. The van der Waals surface area contributed by atoms with Crippen LogP contribution < -0.4 is 5.69 Å². The highest BCUT2D eigenvalue weighted by Crippen LogP contribution is 2.36. The number of benzene rings is 2. The minimum absolute atomic E-state index is 0.0696. The number of rotatable bonds is 4. The van der Waals surface area contributed by atoms with Crippen LogP contribution in [0, 0.1) is 0 Å². The van der Waals surface area contributed by atoms with Crippen molar-refractivity contribution in [3.05, 3.63) is 81.4 Å². The number of nitrogens with one attached hydrogen (secondary N) is 1. The van der Waals surface area contributed by atoms with Gasteiger partial charge in [0.15, 0.2) is 0 Å². The molecule has 4 rings (SSSR count). The molecule has 130 valence electrons. The highest BCUT2D eigenvalue weighted by Gasteiger charge is 2.17. The summed E-state index contributed by atoms with van der Waals surface area (Å²) in [4.78, 5) is 19.5. The Kier molecular flexibility index (Phi) is 4.05. The molecule has 0 radical (unpaired) electrons. The van der Waals surface area contributed by atoms with Gasteiger partial charge in [-0.1, -0.05) is 55.5 Å². The maximum atomic E-state index is 12.3. The Bertz CT molecular complexity index is 1070. The Morgan fingerprint density at radius 1 is 1.15 bits per heavy atom. The summed E-state index contributed by atoms with van der Waals surface area (Å²) in [6.45, 7) is 2.41. The number of para-hydroxylation sites is 1. The Morgan fingerprint density at radius 3 is 2.73 bits per heavy atom. The predicted octanol–water partition coefficient (Wildman–Crippen LogP) is 3.75. The number of aliphatic imine (C=N–C) groups is 1. The molecule has 0 spiro atoms. The standard InChI is InChI=1S/C21H19N3O2/c1-2-15-9-6-10-17-16(12-22-19(15)17)11-18-20(25)24(21(26)23-18)13-14-7-4-3-5-8-14/h3-12,25H,2,13H2,1H3,(H,23,26). The molecule has 0 fully saturated rings. The van der Waals surface area contributed by atoms with Crippen molar-refractivity contribution in [2.24, 2.45) is 4.99 Å². The lowest BCUT2D eigenvalue weighted by Crippen LogP contribution is -2.17. The summed E-state index contributed by atoms with van der Waals surface area (Å²) in [5, 5.41) is 10.5. The first-order valence-electron chi connectivity index (χ1n) is 8.61. The first-order valence-corrected chi connectivity index (χ1v) is 8.61. The van der Waals surface area contributed by atoms with Gasteiger partial charge < -0.3 is 10.1 Å². The third kappa shape index (κ3) is 2.77. The van der Waals surface area contributed by atoms with Gasteiger partial charge in [-0.15, -0.1) is 0 Å². The van der Waals surface area contributed by atoms with Gasteiger partial charge in [-0.25, -0.2) is 4.79 Å². The van der Waals surface area contributed by atoms with E-state index in [0.717, 1.165) is 28.8 Å². The quantitative estimate of drug-likeness (QED) is 0.756. The summed E-state index contributed by atoms with van der Waals surface area (Å²) in [6, 6.07) is 15.6. The fourth-order valence-electron chi connectivity index (χ4n) is 3.23. The second kappa shape index (κ2) is 6.52. The van der Waals surface area contributed by atoms with Crippen molar-refractivity contribution >= 4 is 23.6 Å². The van der Waals surface area contributed by atoms with Crippen molar-refractivity contribution < 1.29 is 5.11 Å². The largest absolute Gasteiger partial charge is 0.493 e. The molecule has 5 heteroatoms. The molecular weight excluding hydrogens is 326 g/mol. The Morgan fingerprint density at radius 2 is 1.96 bits per heavy atom. The van der Waals surface area contributed by atoms with Crippen molar-refractivity contribution in [1.29, 1.82) is 0 Å². The zero-order chi connectivity index (χ0) is 18.1. The molecule has 0 amide bonds. The average molecular weight is 345 g/mol. The van der Waals surface area contributed by atoms with Crippen molar-refractivity contribution in [3.63, 3.8) is 0 Å². The van der Waals surface area contributed by atoms with E-state index in [-0.39, 0.29) is 11.6 Å². The number of aromatic hydroxyl groups is 1. The molecule has 26 heavy (non-hydrogen) atoms. The van der Waals surface area contributed by atoms with Crippen LogP contribution in [-0.2, 0) is 13.0 Å². The van der Waals surface area contributed by atoms with Gasteiger partial charge in [0.05, 0.1) is 12.2 Å². The summed E-state index contributed by atoms with van der Waals surface area (Å²) >= 11 is 0. The maximum absolute atomic E-state index is 12.3. The topological polar surface area (TPSA) is 70.4 Å². The number of aromatic nitrogens is 2. The van der Waals surface area contributed by atoms with Crippen LogP contribution in [0.25, 0.3) is 11.6 Å². The zero-order valence-corrected chi connectivity index (χ0v) is 14.4. The molecule has 2 aromatic carbocycles. The van der Waals surface area contributed by atoms with Gasteiger partial charge in [0.1, 0.15) is 5.69 Å². The van der Waals surface area contributed by atoms with Crippen LogP contribution in [0.4, 0.5) is 5.69 Å². The summed E-state index contributed by atoms with van der Waals surface area (Å²) in [5.74, 6) is -0.0696. The summed E-state index contributed by atoms with van der Waals surface area (Å²) in [6.07, 6.45) is 4.45. The Balaban J connectivity index is 1.72. The van der Waals surface area contributed by atoms with Crippen molar-refractivity contribution in [3.8, 4) is 5.88 Å². The Labute approximate surface area is 151 Å². The van der Waals surface area contributed by atoms with E-state index >= 15 is 0 Å². The third-order valence-corrected chi connectivity index (χ3v) is 4.61. The third-order valence-electron chi connectivity index (χ3n) is 4.61. The lowest BCUT2D eigenvalue weighted by Gasteiger charge is -2.05. The first-order chi connectivity index (χ1) is 12.7. The summed E-state index contributed by atoms with van der Waals surface area (Å²) < 4.78 is 1.33. The molecule has 0 unspecified atom stereocenters. The number of fused-ring (bicyclic) bond motifs is 1. The molecule has 0 bridgehead atoms. The molecule has 0 atom stereocenters. The smallest absolute Gasteiger partial charge is 0.329 e. The second-order valence-electron chi connectivity index (χ2n) is 6.26. The van der Waals surface area contributed by atoms with E-state index < -0.39 is 0 Å². The van der Waals surface area contributed by atoms with Gasteiger partial charge >= 0.3 is 5.69 Å². The molecule has 1 aliphatic heterocycles. The first kappa shape index (κ1) is 16.1. The minimum atomic E-state index is -0.337. The number of aromatic amines is 1. The second-order valence-corrected chi connectivity index (χ2v) is 6.26. The summed E-state index contributed by atoms with van der Waals surface area (Å²) in [7, 11) is 0. The fourth-order valence-corrected chi connectivity index (χ4v) is 3.23. The predicted molar refractivity (Wildman–Crippen MR) is 104 cm³/mol. The highest BCUT2D eigenvalue weighted by molar-refractivity contribution is 6.21. The molecule has 2 N–H and O–H groups in total. The van der Waals surface area contributed by atoms with E-state index in [1.807, 2.05) is 42.5 Å². The summed E-state index contributed by atoms with van der Waals surface area (Å²) in [5.41, 5.74) is 5.04. The van der Waals surface area contributed by atoms with E-state index in [2.05, 4.69) is 23.0 Å². The number of aryl methyl sites for hydroxylation is 1. The fraction of sp³-hybridized carbons (Fsp3) is 0.143. The molecule has 0 aliphatic carbocycles.